The van der Waals surface area contributed by atoms with E-state index in [-0.39, 0.29) is 17.7 Å². The third-order valence-electron chi connectivity index (χ3n) is 5.22. The summed E-state index contributed by atoms with van der Waals surface area (Å²) >= 11 is 3.45. The van der Waals surface area contributed by atoms with Crippen molar-refractivity contribution in [3.05, 3.63) is 34.3 Å². The average molecular weight is 366 g/mol. The molecule has 1 aromatic rings. The van der Waals surface area contributed by atoms with E-state index in [4.69, 9.17) is 4.74 Å². The van der Waals surface area contributed by atoms with Gasteiger partial charge in [0.15, 0.2) is 0 Å². The van der Waals surface area contributed by atoms with Gasteiger partial charge in [-0.25, -0.2) is 4.79 Å². The van der Waals surface area contributed by atoms with Crippen molar-refractivity contribution in [3.63, 3.8) is 0 Å². The van der Waals surface area contributed by atoms with Gasteiger partial charge in [-0.15, -0.1) is 0 Å². The summed E-state index contributed by atoms with van der Waals surface area (Å²) in [5.41, 5.74) is 0.957. The van der Waals surface area contributed by atoms with Crippen LogP contribution in [0.1, 0.15) is 57.6 Å². The van der Waals surface area contributed by atoms with Gasteiger partial charge in [0.2, 0.25) is 0 Å². The Labute approximate surface area is 141 Å². The summed E-state index contributed by atoms with van der Waals surface area (Å²) in [4.78, 5) is 14.4. The van der Waals surface area contributed by atoms with E-state index < -0.39 is 0 Å². The number of benzene rings is 1. The topological polar surface area (TPSA) is 29.5 Å². The zero-order chi connectivity index (χ0) is 15.7. The second-order valence-electron chi connectivity index (χ2n) is 6.92. The number of carbonyl (C=O) groups excluding carboxylic acids is 1. The van der Waals surface area contributed by atoms with Gasteiger partial charge < -0.3 is 9.64 Å². The standard InChI is InChI=1S/C18H24BrNO2/c1-13-4-3-9-18(12-13)10-11-20(17(21)22-18)14(2)15-5-7-16(19)8-6-15/h5-8,13-14H,3-4,9-12H2,1-2H3/t13?,14-,18?/m0/s1. The molecule has 4 heteroatoms. The first-order chi connectivity index (χ1) is 10.5. The van der Waals surface area contributed by atoms with E-state index in [0.29, 0.717) is 5.92 Å². The first-order valence-corrected chi connectivity index (χ1v) is 9.03. The Morgan fingerprint density at radius 1 is 1.32 bits per heavy atom. The molecule has 3 atom stereocenters. The molecule has 1 saturated carbocycles. The van der Waals surface area contributed by atoms with Crippen molar-refractivity contribution in [1.82, 2.24) is 4.90 Å². The molecule has 2 aliphatic rings. The quantitative estimate of drug-likeness (QED) is 0.711. The van der Waals surface area contributed by atoms with Crippen LogP contribution in [-0.2, 0) is 4.74 Å². The molecule has 3 rings (SSSR count). The Morgan fingerprint density at radius 3 is 2.68 bits per heavy atom. The highest BCUT2D eigenvalue weighted by atomic mass is 79.9. The van der Waals surface area contributed by atoms with Crippen LogP contribution < -0.4 is 0 Å². The van der Waals surface area contributed by atoms with E-state index in [0.717, 1.165) is 35.8 Å². The van der Waals surface area contributed by atoms with Crippen LogP contribution in [0.4, 0.5) is 4.79 Å². The Kier molecular flexibility index (Phi) is 4.49. The van der Waals surface area contributed by atoms with Crippen molar-refractivity contribution < 1.29 is 9.53 Å². The van der Waals surface area contributed by atoms with Gasteiger partial charge in [-0.2, -0.15) is 0 Å². The van der Waals surface area contributed by atoms with Gasteiger partial charge in [0.25, 0.3) is 0 Å². The van der Waals surface area contributed by atoms with Crippen LogP contribution in [0, 0.1) is 5.92 Å². The maximum Gasteiger partial charge on any atom is 0.410 e. The third-order valence-corrected chi connectivity index (χ3v) is 5.75. The highest BCUT2D eigenvalue weighted by Gasteiger charge is 2.44. The molecule has 0 N–H and O–H groups in total. The first-order valence-electron chi connectivity index (χ1n) is 8.24. The lowest BCUT2D eigenvalue weighted by Crippen LogP contribution is -2.51. The normalized spacial score (nSPS) is 30.2. The zero-order valence-corrected chi connectivity index (χ0v) is 14.9. The van der Waals surface area contributed by atoms with Crippen molar-refractivity contribution in [2.45, 2.75) is 57.6 Å². The van der Waals surface area contributed by atoms with Crippen molar-refractivity contribution in [2.75, 3.05) is 6.54 Å². The van der Waals surface area contributed by atoms with Crippen molar-refractivity contribution in [3.8, 4) is 0 Å². The largest absolute Gasteiger partial charge is 0.443 e. The molecule has 3 nitrogen and oxygen atoms in total. The molecule has 1 aromatic carbocycles. The van der Waals surface area contributed by atoms with Gasteiger partial charge in [0.1, 0.15) is 5.60 Å². The molecule has 1 spiro atoms. The maximum absolute atomic E-state index is 12.6. The first kappa shape index (κ1) is 15.9. The van der Waals surface area contributed by atoms with E-state index in [1.807, 2.05) is 17.0 Å². The number of hydrogen-bond acceptors (Lipinski definition) is 2. The predicted molar refractivity (Wildman–Crippen MR) is 90.7 cm³/mol. The zero-order valence-electron chi connectivity index (χ0n) is 13.3. The van der Waals surface area contributed by atoms with Crippen LogP contribution in [0.5, 0.6) is 0 Å². The summed E-state index contributed by atoms with van der Waals surface area (Å²) < 4.78 is 7.00. The fourth-order valence-electron chi connectivity index (χ4n) is 3.92. The van der Waals surface area contributed by atoms with Crippen molar-refractivity contribution in [2.24, 2.45) is 5.92 Å². The minimum absolute atomic E-state index is 0.0546. The van der Waals surface area contributed by atoms with Crippen LogP contribution in [0.3, 0.4) is 0 Å². The average Bonchev–Trinajstić information content (AvgIpc) is 2.47. The second kappa shape index (κ2) is 6.23. The summed E-state index contributed by atoms with van der Waals surface area (Å²) in [6.07, 6.45) is 5.32. The Hall–Kier alpha value is -1.03. The molecular weight excluding hydrogens is 342 g/mol. The molecule has 0 bridgehead atoms. The fourth-order valence-corrected chi connectivity index (χ4v) is 4.18. The maximum atomic E-state index is 12.6. The molecule has 0 radical (unpaired) electrons. The molecule has 2 unspecified atom stereocenters. The number of hydrogen-bond donors (Lipinski definition) is 0. The van der Waals surface area contributed by atoms with Crippen molar-refractivity contribution >= 4 is 22.0 Å². The molecule has 0 aromatic heterocycles. The predicted octanol–water partition coefficient (Wildman–Crippen LogP) is 5.30. The van der Waals surface area contributed by atoms with Gasteiger partial charge in [0.05, 0.1) is 6.04 Å². The van der Waals surface area contributed by atoms with E-state index in [1.54, 1.807) is 0 Å². The SMILES string of the molecule is CC1CCCC2(CCN([C@@H](C)c3ccc(Br)cc3)C(=O)O2)C1. The molecule has 22 heavy (non-hydrogen) atoms. The van der Waals surface area contributed by atoms with E-state index in [1.165, 1.54) is 12.8 Å². The third kappa shape index (κ3) is 3.17. The lowest BCUT2D eigenvalue weighted by Gasteiger charge is -2.46. The summed E-state index contributed by atoms with van der Waals surface area (Å²) in [6, 6.07) is 8.22. The van der Waals surface area contributed by atoms with Gasteiger partial charge in [-0.05, 0) is 49.8 Å². The molecule has 1 aliphatic heterocycles. The smallest absolute Gasteiger partial charge is 0.410 e. The summed E-state index contributed by atoms with van der Waals surface area (Å²) in [6.45, 7) is 5.14. The van der Waals surface area contributed by atoms with Crippen LogP contribution in [0.15, 0.2) is 28.7 Å². The number of carbonyl (C=O) groups is 1. The Morgan fingerprint density at radius 2 is 2.05 bits per heavy atom. The van der Waals surface area contributed by atoms with E-state index in [2.05, 4.69) is 41.9 Å². The van der Waals surface area contributed by atoms with Gasteiger partial charge in [-0.1, -0.05) is 41.4 Å². The molecule has 2 fully saturated rings. The number of ether oxygens (including phenoxy) is 1. The van der Waals surface area contributed by atoms with E-state index in [9.17, 15) is 4.79 Å². The van der Waals surface area contributed by atoms with Gasteiger partial charge in [-0.3, -0.25) is 0 Å². The summed E-state index contributed by atoms with van der Waals surface area (Å²) in [7, 11) is 0. The fraction of sp³-hybridized carbons (Fsp3) is 0.611. The second-order valence-corrected chi connectivity index (χ2v) is 7.84. The number of nitrogens with zero attached hydrogens (tertiary/aromatic N) is 1. The molecule has 1 heterocycles. The summed E-state index contributed by atoms with van der Waals surface area (Å²) in [5, 5.41) is 0. The molecule has 120 valence electrons. The monoisotopic (exact) mass is 365 g/mol. The van der Waals surface area contributed by atoms with Gasteiger partial charge >= 0.3 is 6.09 Å². The van der Waals surface area contributed by atoms with E-state index >= 15 is 0 Å². The lowest BCUT2D eigenvalue weighted by atomic mass is 9.76. The van der Waals surface area contributed by atoms with Crippen LogP contribution in [0.2, 0.25) is 0 Å². The van der Waals surface area contributed by atoms with Crippen LogP contribution >= 0.6 is 15.9 Å². The molecule has 1 aliphatic carbocycles. The highest BCUT2D eigenvalue weighted by molar-refractivity contribution is 9.10. The minimum Gasteiger partial charge on any atom is -0.443 e. The van der Waals surface area contributed by atoms with Crippen LogP contribution in [0.25, 0.3) is 0 Å². The minimum atomic E-state index is -0.190. The summed E-state index contributed by atoms with van der Waals surface area (Å²) in [5.74, 6) is 0.664. The van der Waals surface area contributed by atoms with Crippen molar-refractivity contribution in [1.29, 1.82) is 0 Å². The number of rotatable bonds is 2. The Bertz CT molecular complexity index is 545. The molecule has 1 saturated heterocycles. The molecular formula is C18H24BrNO2. The lowest BCUT2D eigenvalue weighted by molar-refractivity contribution is -0.0841. The highest BCUT2D eigenvalue weighted by Crippen LogP contribution is 2.41. The number of amides is 1. The molecule has 1 amide bonds. The van der Waals surface area contributed by atoms with Crippen LogP contribution in [-0.4, -0.2) is 23.1 Å². The van der Waals surface area contributed by atoms with Gasteiger partial charge in [0, 0.05) is 17.4 Å². The number of halogens is 1. The Balaban J connectivity index is 1.70.